The van der Waals surface area contributed by atoms with Gasteiger partial charge in [-0.15, -0.1) is 0 Å². The molecule has 1 aliphatic rings. The predicted molar refractivity (Wildman–Crippen MR) is 65.7 cm³/mol. The Morgan fingerprint density at radius 2 is 2.00 bits per heavy atom. The monoisotopic (exact) mass is 247 g/mol. The molecule has 0 aromatic heterocycles. The van der Waals surface area contributed by atoms with Gasteiger partial charge >= 0.3 is 0 Å². The summed E-state index contributed by atoms with van der Waals surface area (Å²) in [6, 6.07) is 0.0210. The minimum absolute atomic E-state index is 0.0194. The number of hydrogen-bond donors (Lipinski definition) is 2. The average Bonchev–Trinajstić information content (AvgIpc) is 2.62. The standard InChI is InChI=1S/C8H15NO3.C4H10O/c1-12-6-8(11)9-4-2-3-7(9)5-10;1-4(2,3)5/h7,10H,2-6H2,1H3;5H,1-3H3. The molecule has 0 aromatic rings. The first-order chi connectivity index (χ1) is 7.79. The Balaban J connectivity index is 0.000000437. The SMILES string of the molecule is CC(C)(C)O.COCC(=O)N1CCCC1CO. The van der Waals surface area contributed by atoms with Crippen LogP contribution in [-0.4, -0.2) is 59.5 Å². The van der Waals surface area contributed by atoms with Gasteiger partial charge in [0.25, 0.3) is 0 Å². The third-order valence-electron chi connectivity index (χ3n) is 2.18. The largest absolute Gasteiger partial charge is 0.394 e. The van der Waals surface area contributed by atoms with E-state index in [1.807, 2.05) is 0 Å². The van der Waals surface area contributed by atoms with Crippen molar-refractivity contribution in [1.82, 2.24) is 4.90 Å². The van der Waals surface area contributed by atoms with Crippen LogP contribution in [0.3, 0.4) is 0 Å². The summed E-state index contributed by atoms with van der Waals surface area (Å²) in [5.74, 6) is -0.0194. The lowest BCUT2D eigenvalue weighted by Crippen LogP contribution is -2.39. The number of carbonyl (C=O) groups is 1. The number of nitrogens with zero attached hydrogens (tertiary/aromatic N) is 1. The van der Waals surface area contributed by atoms with Crippen molar-refractivity contribution in [2.24, 2.45) is 0 Å². The second kappa shape index (κ2) is 7.63. The molecule has 0 aromatic carbocycles. The molecule has 0 bridgehead atoms. The van der Waals surface area contributed by atoms with E-state index in [1.54, 1.807) is 25.7 Å². The predicted octanol–water partition coefficient (Wildman–Crippen LogP) is 0.393. The van der Waals surface area contributed by atoms with Crippen LogP contribution in [0.4, 0.5) is 0 Å². The summed E-state index contributed by atoms with van der Waals surface area (Å²) in [6.45, 7) is 6.17. The zero-order chi connectivity index (χ0) is 13.5. The summed E-state index contributed by atoms with van der Waals surface area (Å²) in [6.07, 6.45) is 1.90. The number of methoxy groups -OCH3 is 1. The van der Waals surface area contributed by atoms with Gasteiger partial charge in [-0.3, -0.25) is 4.79 Å². The van der Waals surface area contributed by atoms with E-state index in [0.717, 1.165) is 19.4 Å². The third kappa shape index (κ3) is 8.12. The molecule has 1 rings (SSSR count). The van der Waals surface area contributed by atoms with Crippen LogP contribution in [0.1, 0.15) is 33.6 Å². The van der Waals surface area contributed by atoms with Crippen molar-refractivity contribution in [3.8, 4) is 0 Å². The zero-order valence-electron chi connectivity index (χ0n) is 11.3. The summed E-state index contributed by atoms with van der Waals surface area (Å²) < 4.78 is 4.74. The number of rotatable bonds is 3. The van der Waals surface area contributed by atoms with E-state index in [9.17, 15) is 4.79 Å². The molecular weight excluding hydrogens is 222 g/mol. The molecule has 1 heterocycles. The fourth-order valence-electron chi connectivity index (χ4n) is 1.56. The molecule has 0 spiro atoms. The quantitative estimate of drug-likeness (QED) is 0.757. The van der Waals surface area contributed by atoms with Crippen LogP contribution in [0.2, 0.25) is 0 Å². The lowest BCUT2D eigenvalue weighted by Gasteiger charge is -2.22. The Hall–Kier alpha value is -0.650. The molecule has 1 unspecified atom stereocenters. The molecule has 5 heteroatoms. The first kappa shape index (κ1) is 16.4. The highest BCUT2D eigenvalue weighted by atomic mass is 16.5. The highest BCUT2D eigenvalue weighted by Crippen LogP contribution is 2.16. The van der Waals surface area contributed by atoms with E-state index in [-0.39, 0.29) is 25.2 Å². The van der Waals surface area contributed by atoms with Gasteiger partial charge in [-0.1, -0.05) is 0 Å². The van der Waals surface area contributed by atoms with Gasteiger partial charge in [0, 0.05) is 13.7 Å². The Kier molecular flexibility index (Phi) is 7.34. The second-order valence-electron chi connectivity index (χ2n) is 5.17. The molecule has 0 aliphatic carbocycles. The smallest absolute Gasteiger partial charge is 0.248 e. The van der Waals surface area contributed by atoms with Crippen LogP contribution in [0.5, 0.6) is 0 Å². The van der Waals surface area contributed by atoms with E-state index in [1.165, 1.54) is 7.11 Å². The summed E-state index contributed by atoms with van der Waals surface area (Å²) in [5.41, 5.74) is -0.500. The lowest BCUT2D eigenvalue weighted by atomic mass is 10.2. The number of ether oxygens (including phenoxy) is 1. The number of carbonyl (C=O) groups excluding carboxylic acids is 1. The number of hydrogen-bond acceptors (Lipinski definition) is 4. The van der Waals surface area contributed by atoms with Gasteiger partial charge in [-0.05, 0) is 33.6 Å². The highest BCUT2D eigenvalue weighted by molar-refractivity contribution is 5.78. The summed E-state index contributed by atoms with van der Waals surface area (Å²) in [5, 5.41) is 17.4. The van der Waals surface area contributed by atoms with Gasteiger partial charge < -0.3 is 19.8 Å². The van der Waals surface area contributed by atoms with Gasteiger partial charge in [0.2, 0.25) is 5.91 Å². The number of amides is 1. The first-order valence-electron chi connectivity index (χ1n) is 5.91. The molecule has 0 radical (unpaired) electrons. The Bertz CT molecular complexity index is 219. The Labute approximate surface area is 103 Å². The number of likely N-dealkylation sites (tertiary alicyclic amines) is 1. The van der Waals surface area contributed by atoms with Gasteiger partial charge in [0.15, 0.2) is 0 Å². The highest BCUT2D eigenvalue weighted by Gasteiger charge is 2.27. The number of aliphatic hydroxyl groups excluding tert-OH is 1. The fraction of sp³-hybridized carbons (Fsp3) is 0.917. The first-order valence-corrected chi connectivity index (χ1v) is 5.91. The molecule has 1 atom stereocenters. The number of aliphatic hydroxyl groups is 2. The van der Waals surface area contributed by atoms with Crippen LogP contribution < -0.4 is 0 Å². The van der Waals surface area contributed by atoms with Crippen molar-refractivity contribution < 1.29 is 19.7 Å². The molecule has 102 valence electrons. The fourth-order valence-corrected chi connectivity index (χ4v) is 1.56. The molecule has 0 saturated carbocycles. The van der Waals surface area contributed by atoms with Gasteiger partial charge in [-0.25, -0.2) is 0 Å². The van der Waals surface area contributed by atoms with Gasteiger partial charge in [0.1, 0.15) is 6.61 Å². The van der Waals surface area contributed by atoms with Crippen LogP contribution in [0.15, 0.2) is 0 Å². The topological polar surface area (TPSA) is 70.0 Å². The minimum atomic E-state index is -0.500. The maximum Gasteiger partial charge on any atom is 0.248 e. The summed E-state index contributed by atoms with van der Waals surface area (Å²) in [4.78, 5) is 13.0. The van der Waals surface area contributed by atoms with Crippen molar-refractivity contribution >= 4 is 5.91 Å². The second-order valence-corrected chi connectivity index (χ2v) is 5.17. The van der Waals surface area contributed by atoms with Crippen LogP contribution in [0, 0.1) is 0 Å². The van der Waals surface area contributed by atoms with Gasteiger partial charge in [0.05, 0.1) is 18.2 Å². The van der Waals surface area contributed by atoms with Crippen molar-refractivity contribution in [2.75, 3.05) is 26.9 Å². The van der Waals surface area contributed by atoms with Crippen molar-refractivity contribution in [2.45, 2.75) is 45.3 Å². The van der Waals surface area contributed by atoms with E-state index in [0.29, 0.717) is 0 Å². The Morgan fingerprint density at radius 3 is 2.41 bits per heavy atom. The van der Waals surface area contributed by atoms with E-state index in [4.69, 9.17) is 14.9 Å². The average molecular weight is 247 g/mol. The van der Waals surface area contributed by atoms with Gasteiger partial charge in [-0.2, -0.15) is 0 Å². The molecule has 5 nitrogen and oxygen atoms in total. The van der Waals surface area contributed by atoms with Crippen molar-refractivity contribution in [3.05, 3.63) is 0 Å². The van der Waals surface area contributed by atoms with Crippen molar-refractivity contribution in [3.63, 3.8) is 0 Å². The van der Waals surface area contributed by atoms with E-state index < -0.39 is 5.60 Å². The molecule has 1 aliphatic heterocycles. The summed E-state index contributed by atoms with van der Waals surface area (Å²) in [7, 11) is 1.50. The van der Waals surface area contributed by atoms with E-state index in [2.05, 4.69) is 0 Å². The Morgan fingerprint density at radius 1 is 1.47 bits per heavy atom. The molecule has 1 fully saturated rings. The van der Waals surface area contributed by atoms with Crippen LogP contribution in [-0.2, 0) is 9.53 Å². The molecular formula is C12H25NO4. The van der Waals surface area contributed by atoms with Crippen LogP contribution in [0.25, 0.3) is 0 Å². The van der Waals surface area contributed by atoms with E-state index >= 15 is 0 Å². The zero-order valence-corrected chi connectivity index (χ0v) is 11.3. The summed E-state index contributed by atoms with van der Waals surface area (Å²) >= 11 is 0. The molecule has 17 heavy (non-hydrogen) atoms. The lowest BCUT2D eigenvalue weighted by molar-refractivity contribution is -0.136. The van der Waals surface area contributed by atoms with Crippen molar-refractivity contribution in [1.29, 1.82) is 0 Å². The van der Waals surface area contributed by atoms with Crippen LogP contribution >= 0.6 is 0 Å². The minimum Gasteiger partial charge on any atom is -0.394 e. The maximum absolute atomic E-state index is 11.3. The maximum atomic E-state index is 11.3. The normalized spacial score (nSPS) is 19.9. The molecule has 1 amide bonds. The molecule has 1 saturated heterocycles. The molecule has 2 N–H and O–H groups in total. The third-order valence-corrected chi connectivity index (χ3v) is 2.18.